The summed E-state index contributed by atoms with van der Waals surface area (Å²) < 4.78 is 4.42. The molecular weight excluding hydrogens is 130 g/mol. The molecule has 1 atom stereocenters. The Labute approximate surface area is 60.9 Å². The van der Waals surface area contributed by atoms with Gasteiger partial charge < -0.3 is 10.5 Å². The molecule has 0 saturated carbocycles. The highest BCUT2D eigenvalue weighted by atomic mass is 16.5. The van der Waals surface area contributed by atoms with Crippen molar-refractivity contribution in [3.8, 4) is 0 Å². The maximum absolute atomic E-state index is 10.7. The molecule has 0 saturated heterocycles. The summed E-state index contributed by atoms with van der Waals surface area (Å²) in [6.45, 7) is 5.38. The Kier molecular flexibility index (Phi) is 3.72. The number of rotatable bonds is 3. The second kappa shape index (κ2) is 4.06. The summed E-state index contributed by atoms with van der Waals surface area (Å²) in [5.41, 5.74) is 5.83. The van der Waals surface area contributed by atoms with Crippen LogP contribution in [0.4, 0.5) is 0 Å². The fourth-order valence-corrected chi connectivity index (χ4v) is 0.529. The van der Waals surface area contributed by atoms with E-state index in [4.69, 9.17) is 5.73 Å². The van der Waals surface area contributed by atoms with Crippen LogP contribution in [0.15, 0.2) is 12.2 Å². The predicted molar refractivity (Wildman–Crippen MR) is 39.4 cm³/mol. The highest BCUT2D eigenvalue weighted by molar-refractivity contribution is 5.88. The Morgan fingerprint density at radius 3 is 2.60 bits per heavy atom. The van der Waals surface area contributed by atoms with Gasteiger partial charge in [-0.15, -0.1) is 0 Å². The standard InChI is InChI=1S/C7H13NO2/c1-4-6(8)5(2)7(9)10-3/h6H,2,4,8H2,1,3H3. The van der Waals surface area contributed by atoms with Gasteiger partial charge in [-0.1, -0.05) is 13.5 Å². The second-order valence-corrected chi connectivity index (χ2v) is 2.03. The number of carbonyl (C=O) groups excluding carboxylic acids is 1. The van der Waals surface area contributed by atoms with Crippen molar-refractivity contribution in [3.05, 3.63) is 12.2 Å². The third-order valence-electron chi connectivity index (χ3n) is 1.33. The molecule has 0 bridgehead atoms. The molecule has 58 valence electrons. The van der Waals surface area contributed by atoms with E-state index >= 15 is 0 Å². The predicted octanol–water partition coefficient (Wildman–Crippen LogP) is 0.453. The number of nitrogens with two attached hydrogens (primary N) is 1. The summed E-state index contributed by atoms with van der Waals surface area (Å²) in [5.74, 6) is -0.422. The third kappa shape index (κ3) is 2.19. The second-order valence-electron chi connectivity index (χ2n) is 2.03. The first-order chi connectivity index (χ1) is 4.63. The van der Waals surface area contributed by atoms with E-state index in [1.807, 2.05) is 6.92 Å². The SMILES string of the molecule is C=C(C(=O)OC)C(N)CC. The van der Waals surface area contributed by atoms with Crippen molar-refractivity contribution >= 4 is 5.97 Å². The van der Waals surface area contributed by atoms with Crippen molar-refractivity contribution in [2.45, 2.75) is 19.4 Å². The van der Waals surface area contributed by atoms with Crippen LogP contribution in [0.1, 0.15) is 13.3 Å². The van der Waals surface area contributed by atoms with E-state index in [-0.39, 0.29) is 6.04 Å². The van der Waals surface area contributed by atoms with Crippen LogP contribution in [0.3, 0.4) is 0 Å². The van der Waals surface area contributed by atoms with Crippen LogP contribution in [0.2, 0.25) is 0 Å². The first kappa shape index (κ1) is 9.17. The molecule has 1 unspecified atom stereocenters. The molecule has 0 aromatic carbocycles. The topological polar surface area (TPSA) is 52.3 Å². The van der Waals surface area contributed by atoms with Gasteiger partial charge in [0.15, 0.2) is 0 Å². The van der Waals surface area contributed by atoms with Crippen molar-refractivity contribution in [1.82, 2.24) is 0 Å². The molecule has 3 heteroatoms. The van der Waals surface area contributed by atoms with Crippen LogP contribution in [0.5, 0.6) is 0 Å². The summed E-state index contributed by atoms with van der Waals surface area (Å²) in [4.78, 5) is 10.7. The zero-order valence-corrected chi connectivity index (χ0v) is 6.39. The Morgan fingerprint density at radius 2 is 2.30 bits per heavy atom. The average molecular weight is 143 g/mol. The van der Waals surface area contributed by atoms with Crippen molar-refractivity contribution < 1.29 is 9.53 Å². The van der Waals surface area contributed by atoms with Gasteiger partial charge in [0.25, 0.3) is 0 Å². The van der Waals surface area contributed by atoms with Gasteiger partial charge in [0.05, 0.1) is 7.11 Å². The Hall–Kier alpha value is -0.830. The number of esters is 1. The minimum atomic E-state index is -0.422. The van der Waals surface area contributed by atoms with E-state index in [0.29, 0.717) is 12.0 Å². The number of hydrogen-bond donors (Lipinski definition) is 1. The van der Waals surface area contributed by atoms with Crippen molar-refractivity contribution in [1.29, 1.82) is 0 Å². The fourth-order valence-electron chi connectivity index (χ4n) is 0.529. The minimum absolute atomic E-state index is 0.271. The lowest BCUT2D eigenvalue weighted by atomic mass is 10.1. The monoisotopic (exact) mass is 143 g/mol. The van der Waals surface area contributed by atoms with E-state index in [2.05, 4.69) is 11.3 Å². The quantitative estimate of drug-likeness (QED) is 0.461. The van der Waals surface area contributed by atoms with E-state index < -0.39 is 5.97 Å². The zero-order chi connectivity index (χ0) is 8.15. The zero-order valence-electron chi connectivity index (χ0n) is 6.39. The Balaban J connectivity index is 3.95. The third-order valence-corrected chi connectivity index (χ3v) is 1.33. The molecular formula is C7H13NO2. The normalized spacial score (nSPS) is 12.3. The van der Waals surface area contributed by atoms with E-state index in [1.165, 1.54) is 7.11 Å². The van der Waals surface area contributed by atoms with Crippen LogP contribution in [-0.4, -0.2) is 19.1 Å². The molecule has 0 fully saturated rings. The number of hydrogen-bond acceptors (Lipinski definition) is 3. The summed E-state index contributed by atoms with van der Waals surface area (Å²) in [6, 6.07) is -0.271. The molecule has 0 aliphatic carbocycles. The van der Waals surface area contributed by atoms with Crippen LogP contribution in [0.25, 0.3) is 0 Å². The average Bonchev–Trinajstić information content (AvgIpc) is 2.00. The first-order valence-corrected chi connectivity index (χ1v) is 3.16. The molecule has 0 aromatic heterocycles. The van der Waals surface area contributed by atoms with Gasteiger partial charge in [-0.2, -0.15) is 0 Å². The Morgan fingerprint density at radius 1 is 1.80 bits per heavy atom. The summed E-state index contributed by atoms with van der Waals surface area (Å²) in [5, 5.41) is 0. The van der Waals surface area contributed by atoms with Gasteiger partial charge in [-0.05, 0) is 6.42 Å². The smallest absolute Gasteiger partial charge is 0.334 e. The van der Waals surface area contributed by atoms with Crippen LogP contribution < -0.4 is 5.73 Å². The summed E-state index contributed by atoms with van der Waals surface area (Å²) >= 11 is 0. The van der Waals surface area contributed by atoms with Gasteiger partial charge in [0.1, 0.15) is 0 Å². The Bertz CT molecular complexity index is 143. The van der Waals surface area contributed by atoms with Gasteiger partial charge in [-0.3, -0.25) is 0 Å². The van der Waals surface area contributed by atoms with Crippen LogP contribution in [-0.2, 0) is 9.53 Å². The minimum Gasteiger partial charge on any atom is -0.466 e. The van der Waals surface area contributed by atoms with Crippen molar-refractivity contribution in [2.75, 3.05) is 7.11 Å². The highest BCUT2D eigenvalue weighted by Crippen LogP contribution is 2.01. The van der Waals surface area contributed by atoms with Gasteiger partial charge >= 0.3 is 5.97 Å². The molecule has 0 spiro atoms. The molecule has 0 amide bonds. The largest absolute Gasteiger partial charge is 0.466 e. The number of methoxy groups -OCH3 is 1. The van der Waals surface area contributed by atoms with E-state index in [1.54, 1.807) is 0 Å². The maximum Gasteiger partial charge on any atom is 0.334 e. The van der Waals surface area contributed by atoms with Gasteiger partial charge in [-0.25, -0.2) is 4.79 Å². The lowest BCUT2D eigenvalue weighted by Gasteiger charge is -2.08. The lowest BCUT2D eigenvalue weighted by molar-refractivity contribution is -0.136. The van der Waals surface area contributed by atoms with E-state index in [9.17, 15) is 4.79 Å². The molecule has 0 aliphatic heterocycles. The molecule has 3 nitrogen and oxygen atoms in total. The molecule has 2 N–H and O–H groups in total. The number of ether oxygens (including phenoxy) is 1. The highest BCUT2D eigenvalue weighted by Gasteiger charge is 2.12. The molecule has 0 rings (SSSR count). The number of carbonyl (C=O) groups is 1. The van der Waals surface area contributed by atoms with Crippen LogP contribution >= 0.6 is 0 Å². The van der Waals surface area contributed by atoms with Crippen molar-refractivity contribution in [2.24, 2.45) is 5.73 Å². The van der Waals surface area contributed by atoms with Gasteiger partial charge in [0, 0.05) is 11.6 Å². The first-order valence-electron chi connectivity index (χ1n) is 3.16. The summed E-state index contributed by atoms with van der Waals surface area (Å²) in [7, 11) is 1.32. The van der Waals surface area contributed by atoms with E-state index in [0.717, 1.165) is 0 Å². The molecule has 10 heavy (non-hydrogen) atoms. The summed E-state index contributed by atoms with van der Waals surface area (Å²) in [6.07, 6.45) is 0.702. The van der Waals surface area contributed by atoms with Gasteiger partial charge in [0.2, 0.25) is 0 Å². The lowest BCUT2D eigenvalue weighted by Crippen LogP contribution is -2.26. The molecule has 0 aliphatic rings. The van der Waals surface area contributed by atoms with Crippen LogP contribution in [0, 0.1) is 0 Å². The fraction of sp³-hybridized carbons (Fsp3) is 0.571. The van der Waals surface area contributed by atoms with Crippen molar-refractivity contribution in [3.63, 3.8) is 0 Å². The molecule has 0 heterocycles. The molecule has 0 aromatic rings. The molecule has 0 radical (unpaired) electrons. The maximum atomic E-state index is 10.7.